The molecule has 0 unspecified atom stereocenters. The highest BCUT2D eigenvalue weighted by molar-refractivity contribution is 5.74. The van der Waals surface area contributed by atoms with E-state index in [9.17, 15) is 4.79 Å². The lowest BCUT2D eigenvalue weighted by molar-refractivity contribution is -0.152. The van der Waals surface area contributed by atoms with E-state index in [2.05, 4.69) is 27.7 Å². The molecule has 0 bridgehead atoms. The Balaban J connectivity index is 2.05. The molecule has 0 aliphatic heterocycles. The summed E-state index contributed by atoms with van der Waals surface area (Å²) in [5.41, 5.74) is 1.20. The van der Waals surface area contributed by atoms with Crippen LogP contribution < -0.4 is 0 Å². The average molecular weight is 196 g/mol. The molecular weight excluding hydrogens is 176 g/mol. The molecule has 2 rings (SSSR count). The molecular formula is C12H20O2. The van der Waals surface area contributed by atoms with E-state index < -0.39 is 0 Å². The van der Waals surface area contributed by atoms with Crippen LogP contribution in [0.3, 0.4) is 0 Å². The Hall–Kier alpha value is -0.530. The Kier molecular flexibility index (Phi) is 1.67. The van der Waals surface area contributed by atoms with Gasteiger partial charge in [-0.2, -0.15) is 0 Å². The quantitative estimate of drug-likeness (QED) is 0.603. The standard InChI is InChI=1S/C12H20O2/c1-10(2)11(3,4)12(10)6-8(7-12)9(13)14-5/h8H,6-7H2,1-5H3. The van der Waals surface area contributed by atoms with Crippen molar-refractivity contribution in [3.05, 3.63) is 0 Å². The Morgan fingerprint density at radius 1 is 1.14 bits per heavy atom. The SMILES string of the molecule is COC(=O)C1CC2(C1)C(C)(C)C2(C)C. The predicted octanol–water partition coefficient (Wildman–Crippen LogP) is 2.62. The number of rotatable bonds is 1. The lowest BCUT2D eigenvalue weighted by Crippen LogP contribution is -2.36. The maximum Gasteiger partial charge on any atom is 0.308 e. The third-order valence-corrected chi connectivity index (χ3v) is 5.62. The largest absolute Gasteiger partial charge is 0.469 e. The van der Waals surface area contributed by atoms with Crippen molar-refractivity contribution in [2.24, 2.45) is 22.2 Å². The third-order valence-electron chi connectivity index (χ3n) is 5.62. The normalized spacial score (nSPS) is 30.9. The summed E-state index contributed by atoms with van der Waals surface area (Å²) in [4.78, 5) is 11.3. The minimum atomic E-state index is -0.0193. The summed E-state index contributed by atoms with van der Waals surface area (Å²) in [6.07, 6.45) is 2.05. The van der Waals surface area contributed by atoms with E-state index in [4.69, 9.17) is 4.74 Å². The van der Waals surface area contributed by atoms with Crippen LogP contribution in [0.25, 0.3) is 0 Å². The minimum absolute atomic E-state index is 0.0193. The van der Waals surface area contributed by atoms with Crippen molar-refractivity contribution in [2.45, 2.75) is 40.5 Å². The van der Waals surface area contributed by atoms with Crippen molar-refractivity contribution >= 4 is 5.97 Å². The van der Waals surface area contributed by atoms with E-state index in [0.717, 1.165) is 12.8 Å². The molecule has 0 amide bonds. The van der Waals surface area contributed by atoms with Crippen LogP contribution in [0.1, 0.15) is 40.5 Å². The molecule has 0 atom stereocenters. The van der Waals surface area contributed by atoms with Gasteiger partial charge in [-0.1, -0.05) is 27.7 Å². The highest BCUT2D eigenvalue weighted by atomic mass is 16.5. The molecule has 0 radical (unpaired) electrons. The molecule has 14 heavy (non-hydrogen) atoms. The summed E-state index contributed by atoms with van der Waals surface area (Å²) in [6, 6.07) is 0. The van der Waals surface area contributed by atoms with Crippen LogP contribution in [0.15, 0.2) is 0 Å². The monoisotopic (exact) mass is 196 g/mol. The van der Waals surface area contributed by atoms with Gasteiger partial charge in [-0.15, -0.1) is 0 Å². The second-order valence-corrected chi connectivity index (χ2v) is 5.96. The number of carbonyl (C=O) groups excluding carboxylic acids is 1. The fraction of sp³-hybridized carbons (Fsp3) is 0.917. The van der Waals surface area contributed by atoms with Crippen LogP contribution in [-0.2, 0) is 9.53 Å². The first-order chi connectivity index (χ1) is 6.30. The summed E-state index contributed by atoms with van der Waals surface area (Å²) in [7, 11) is 1.48. The molecule has 2 saturated carbocycles. The van der Waals surface area contributed by atoms with Crippen molar-refractivity contribution in [1.29, 1.82) is 0 Å². The van der Waals surface area contributed by atoms with Gasteiger partial charge in [-0.3, -0.25) is 4.79 Å². The molecule has 0 aromatic rings. The van der Waals surface area contributed by atoms with E-state index in [-0.39, 0.29) is 11.9 Å². The number of esters is 1. The number of ether oxygens (including phenoxy) is 1. The summed E-state index contributed by atoms with van der Waals surface area (Å²) in [6.45, 7) is 9.28. The topological polar surface area (TPSA) is 26.3 Å². The van der Waals surface area contributed by atoms with E-state index in [1.165, 1.54) is 7.11 Å². The lowest BCUT2D eigenvalue weighted by atomic mass is 9.66. The van der Waals surface area contributed by atoms with Crippen molar-refractivity contribution in [3.8, 4) is 0 Å². The first-order valence-electron chi connectivity index (χ1n) is 5.38. The zero-order valence-corrected chi connectivity index (χ0v) is 9.81. The van der Waals surface area contributed by atoms with Gasteiger partial charge in [0.2, 0.25) is 0 Å². The second kappa shape index (κ2) is 2.34. The molecule has 0 N–H and O–H groups in total. The molecule has 2 nitrogen and oxygen atoms in total. The first kappa shape index (κ1) is 10.0. The van der Waals surface area contributed by atoms with Gasteiger partial charge in [0.05, 0.1) is 13.0 Å². The summed E-state index contributed by atoms with van der Waals surface area (Å²) in [5, 5.41) is 0. The fourth-order valence-corrected chi connectivity index (χ4v) is 3.68. The maximum atomic E-state index is 11.3. The molecule has 80 valence electrons. The van der Waals surface area contributed by atoms with Crippen LogP contribution in [0, 0.1) is 22.2 Å². The molecule has 2 fully saturated rings. The fourth-order valence-electron chi connectivity index (χ4n) is 3.68. The van der Waals surface area contributed by atoms with Gasteiger partial charge in [-0.25, -0.2) is 0 Å². The van der Waals surface area contributed by atoms with Gasteiger partial charge < -0.3 is 4.74 Å². The molecule has 2 aliphatic rings. The smallest absolute Gasteiger partial charge is 0.308 e. The zero-order chi connectivity index (χ0) is 10.8. The van der Waals surface area contributed by atoms with Crippen LogP contribution in [0.2, 0.25) is 0 Å². The number of hydrogen-bond acceptors (Lipinski definition) is 2. The van der Waals surface area contributed by atoms with Crippen LogP contribution in [0.5, 0.6) is 0 Å². The Morgan fingerprint density at radius 3 is 1.86 bits per heavy atom. The van der Waals surface area contributed by atoms with E-state index in [1.54, 1.807) is 0 Å². The Morgan fingerprint density at radius 2 is 1.57 bits per heavy atom. The average Bonchev–Trinajstić information content (AvgIpc) is 2.35. The minimum Gasteiger partial charge on any atom is -0.469 e. The highest BCUT2D eigenvalue weighted by Crippen LogP contribution is 2.86. The van der Waals surface area contributed by atoms with E-state index >= 15 is 0 Å². The van der Waals surface area contributed by atoms with Crippen molar-refractivity contribution in [1.82, 2.24) is 0 Å². The van der Waals surface area contributed by atoms with Gasteiger partial charge >= 0.3 is 5.97 Å². The molecule has 2 heteroatoms. The number of hydrogen-bond donors (Lipinski definition) is 0. The highest BCUT2D eigenvalue weighted by Gasteiger charge is 2.80. The summed E-state index contributed by atoms with van der Waals surface area (Å²) < 4.78 is 4.77. The first-order valence-corrected chi connectivity index (χ1v) is 5.38. The summed E-state index contributed by atoms with van der Waals surface area (Å²) in [5.74, 6) is 0.148. The summed E-state index contributed by atoms with van der Waals surface area (Å²) >= 11 is 0. The number of methoxy groups -OCH3 is 1. The number of carbonyl (C=O) groups is 1. The molecule has 0 heterocycles. The van der Waals surface area contributed by atoms with Crippen molar-refractivity contribution in [3.63, 3.8) is 0 Å². The van der Waals surface area contributed by atoms with Gasteiger partial charge in [0.25, 0.3) is 0 Å². The second-order valence-electron chi connectivity index (χ2n) is 5.96. The molecule has 0 aromatic carbocycles. The predicted molar refractivity (Wildman–Crippen MR) is 54.7 cm³/mol. The van der Waals surface area contributed by atoms with Crippen molar-refractivity contribution < 1.29 is 9.53 Å². The molecule has 1 spiro atoms. The van der Waals surface area contributed by atoms with Gasteiger partial charge in [0.1, 0.15) is 0 Å². The molecule has 0 saturated heterocycles. The van der Waals surface area contributed by atoms with E-state index in [0.29, 0.717) is 16.2 Å². The van der Waals surface area contributed by atoms with Crippen LogP contribution in [-0.4, -0.2) is 13.1 Å². The maximum absolute atomic E-state index is 11.3. The Labute approximate surface area is 86.0 Å². The molecule has 0 aromatic heterocycles. The Bertz CT molecular complexity index is 267. The zero-order valence-electron chi connectivity index (χ0n) is 9.81. The lowest BCUT2D eigenvalue weighted by Gasteiger charge is -2.38. The van der Waals surface area contributed by atoms with E-state index in [1.807, 2.05) is 0 Å². The van der Waals surface area contributed by atoms with Gasteiger partial charge in [-0.05, 0) is 29.1 Å². The van der Waals surface area contributed by atoms with Gasteiger partial charge in [0.15, 0.2) is 0 Å². The van der Waals surface area contributed by atoms with Crippen molar-refractivity contribution in [2.75, 3.05) is 7.11 Å². The molecule has 2 aliphatic carbocycles. The van der Waals surface area contributed by atoms with Gasteiger partial charge in [0, 0.05) is 0 Å². The third kappa shape index (κ3) is 0.768. The van der Waals surface area contributed by atoms with Crippen LogP contribution in [0.4, 0.5) is 0 Å². The van der Waals surface area contributed by atoms with Crippen LogP contribution >= 0.6 is 0 Å².